The SMILES string of the molecule is Cc1ccc(/C=C/Cn2nnc3ccccc32)cc1. The van der Waals surface area contributed by atoms with Crippen LogP contribution >= 0.6 is 0 Å². The fourth-order valence-electron chi connectivity index (χ4n) is 2.02. The molecule has 0 unspecified atom stereocenters. The molecule has 0 amide bonds. The smallest absolute Gasteiger partial charge is 0.113 e. The number of aryl methyl sites for hydroxylation is 1. The average Bonchev–Trinajstić information content (AvgIpc) is 2.85. The number of benzene rings is 2. The van der Waals surface area contributed by atoms with Crippen LogP contribution < -0.4 is 0 Å². The number of rotatable bonds is 3. The van der Waals surface area contributed by atoms with Crippen molar-refractivity contribution in [2.45, 2.75) is 13.5 Å². The first-order chi connectivity index (χ1) is 9.33. The monoisotopic (exact) mass is 249 g/mol. The van der Waals surface area contributed by atoms with Gasteiger partial charge < -0.3 is 0 Å². The maximum absolute atomic E-state index is 4.16. The molecule has 0 spiro atoms. The summed E-state index contributed by atoms with van der Waals surface area (Å²) in [6.07, 6.45) is 4.21. The fraction of sp³-hybridized carbons (Fsp3) is 0.125. The lowest BCUT2D eigenvalue weighted by atomic mass is 10.1. The molecule has 3 nitrogen and oxygen atoms in total. The van der Waals surface area contributed by atoms with E-state index in [9.17, 15) is 0 Å². The minimum Gasteiger partial charge on any atom is -0.241 e. The van der Waals surface area contributed by atoms with E-state index in [1.807, 2.05) is 28.9 Å². The van der Waals surface area contributed by atoms with E-state index < -0.39 is 0 Å². The van der Waals surface area contributed by atoms with Crippen molar-refractivity contribution in [1.82, 2.24) is 15.0 Å². The van der Waals surface area contributed by atoms with Crippen molar-refractivity contribution < 1.29 is 0 Å². The van der Waals surface area contributed by atoms with Gasteiger partial charge in [0, 0.05) is 0 Å². The Hall–Kier alpha value is -2.42. The van der Waals surface area contributed by atoms with E-state index in [1.165, 1.54) is 11.1 Å². The van der Waals surface area contributed by atoms with Crippen molar-refractivity contribution in [3.05, 3.63) is 65.7 Å². The van der Waals surface area contributed by atoms with Gasteiger partial charge in [-0.05, 0) is 24.6 Å². The predicted molar refractivity (Wildman–Crippen MR) is 77.7 cm³/mol. The Kier molecular flexibility index (Phi) is 3.11. The molecule has 0 N–H and O–H groups in total. The summed E-state index contributed by atoms with van der Waals surface area (Å²) in [5.41, 5.74) is 4.48. The molecule has 1 heterocycles. The number of hydrogen-bond donors (Lipinski definition) is 0. The topological polar surface area (TPSA) is 30.7 Å². The second-order valence-corrected chi connectivity index (χ2v) is 4.57. The van der Waals surface area contributed by atoms with Crippen LogP contribution in [0, 0.1) is 6.92 Å². The molecule has 0 saturated carbocycles. The molecule has 3 aromatic rings. The molecule has 3 heteroatoms. The van der Waals surface area contributed by atoms with Crippen molar-refractivity contribution in [2.75, 3.05) is 0 Å². The molecule has 0 aliphatic rings. The molecule has 0 aliphatic carbocycles. The van der Waals surface area contributed by atoms with Crippen LogP contribution in [-0.2, 0) is 6.54 Å². The minimum absolute atomic E-state index is 0.731. The van der Waals surface area contributed by atoms with E-state index in [0.29, 0.717) is 0 Å². The maximum atomic E-state index is 4.16. The molecule has 0 bridgehead atoms. The van der Waals surface area contributed by atoms with Gasteiger partial charge in [-0.2, -0.15) is 0 Å². The number of allylic oxidation sites excluding steroid dienone is 1. The summed E-state index contributed by atoms with van der Waals surface area (Å²) in [5, 5.41) is 8.29. The zero-order valence-electron chi connectivity index (χ0n) is 10.8. The van der Waals surface area contributed by atoms with E-state index in [-0.39, 0.29) is 0 Å². The Morgan fingerprint density at radius 3 is 2.68 bits per heavy atom. The predicted octanol–water partition coefficient (Wildman–Crippen LogP) is 3.45. The van der Waals surface area contributed by atoms with Crippen LogP contribution in [0.3, 0.4) is 0 Å². The standard InChI is InChI=1S/C16H15N3/c1-13-8-10-14(11-9-13)5-4-12-19-16-7-3-2-6-15(16)17-18-19/h2-11H,12H2,1H3/b5-4+. The third-order valence-electron chi connectivity index (χ3n) is 3.09. The molecule has 0 fully saturated rings. The first-order valence-corrected chi connectivity index (χ1v) is 6.34. The van der Waals surface area contributed by atoms with Gasteiger partial charge in [-0.1, -0.05) is 59.3 Å². The van der Waals surface area contributed by atoms with Gasteiger partial charge in [-0.3, -0.25) is 0 Å². The summed E-state index contributed by atoms with van der Waals surface area (Å²) in [6, 6.07) is 16.5. The molecule has 19 heavy (non-hydrogen) atoms. The van der Waals surface area contributed by atoms with Crippen molar-refractivity contribution in [2.24, 2.45) is 0 Å². The summed E-state index contributed by atoms with van der Waals surface area (Å²) >= 11 is 0. The van der Waals surface area contributed by atoms with Gasteiger partial charge in [-0.15, -0.1) is 5.10 Å². The molecule has 0 radical (unpaired) electrons. The van der Waals surface area contributed by atoms with Gasteiger partial charge in [-0.25, -0.2) is 4.68 Å². The van der Waals surface area contributed by atoms with Crippen LogP contribution in [-0.4, -0.2) is 15.0 Å². The second kappa shape index (κ2) is 5.06. The molecule has 3 rings (SSSR count). The first-order valence-electron chi connectivity index (χ1n) is 6.34. The van der Waals surface area contributed by atoms with Gasteiger partial charge in [0.25, 0.3) is 0 Å². The highest BCUT2D eigenvalue weighted by Crippen LogP contribution is 2.10. The van der Waals surface area contributed by atoms with E-state index in [1.54, 1.807) is 0 Å². The Morgan fingerprint density at radius 2 is 1.84 bits per heavy atom. The molecule has 1 aromatic heterocycles. The average molecular weight is 249 g/mol. The van der Waals surface area contributed by atoms with Gasteiger partial charge in [0.15, 0.2) is 0 Å². The van der Waals surface area contributed by atoms with E-state index in [4.69, 9.17) is 0 Å². The minimum atomic E-state index is 0.731. The number of hydrogen-bond acceptors (Lipinski definition) is 2. The van der Waals surface area contributed by atoms with Crippen LogP contribution in [0.15, 0.2) is 54.6 Å². The Morgan fingerprint density at radius 1 is 1.05 bits per heavy atom. The van der Waals surface area contributed by atoms with E-state index in [0.717, 1.165) is 17.6 Å². The summed E-state index contributed by atoms with van der Waals surface area (Å²) in [7, 11) is 0. The van der Waals surface area contributed by atoms with E-state index >= 15 is 0 Å². The lowest BCUT2D eigenvalue weighted by molar-refractivity contribution is 0.683. The zero-order valence-corrected chi connectivity index (χ0v) is 10.8. The number of nitrogens with zero attached hydrogens (tertiary/aromatic N) is 3. The van der Waals surface area contributed by atoms with Gasteiger partial charge >= 0.3 is 0 Å². The number of para-hydroxylation sites is 1. The van der Waals surface area contributed by atoms with Crippen LogP contribution in [0.4, 0.5) is 0 Å². The van der Waals surface area contributed by atoms with Crippen molar-refractivity contribution >= 4 is 17.1 Å². The molecular formula is C16H15N3. The van der Waals surface area contributed by atoms with Crippen LogP contribution in [0.2, 0.25) is 0 Å². The first kappa shape index (κ1) is 11.7. The Bertz CT molecular complexity index is 708. The summed E-state index contributed by atoms with van der Waals surface area (Å²) in [6.45, 7) is 2.82. The zero-order chi connectivity index (χ0) is 13.1. The molecule has 0 atom stereocenters. The second-order valence-electron chi connectivity index (χ2n) is 4.57. The largest absolute Gasteiger partial charge is 0.241 e. The molecule has 0 saturated heterocycles. The summed E-state index contributed by atoms with van der Waals surface area (Å²) in [5.74, 6) is 0. The van der Waals surface area contributed by atoms with Crippen LogP contribution in [0.25, 0.3) is 17.1 Å². The van der Waals surface area contributed by atoms with Crippen molar-refractivity contribution in [3.63, 3.8) is 0 Å². The van der Waals surface area contributed by atoms with Gasteiger partial charge in [0.2, 0.25) is 0 Å². The highest BCUT2D eigenvalue weighted by atomic mass is 15.4. The summed E-state index contributed by atoms with van der Waals surface area (Å²) < 4.78 is 1.90. The van der Waals surface area contributed by atoms with Crippen molar-refractivity contribution in [3.8, 4) is 0 Å². The third kappa shape index (κ3) is 2.55. The number of fused-ring (bicyclic) bond motifs is 1. The number of aromatic nitrogens is 3. The lowest BCUT2D eigenvalue weighted by Gasteiger charge is -1.97. The normalized spacial score (nSPS) is 11.4. The van der Waals surface area contributed by atoms with Crippen LogP contribution in [0.5, 0.6) is 0 Å². The van der Waals surface area contributed by atoms with Gasteiger partial charge in [0.1, 0.15) is 5.52 Å². The Balaban J connectivity index is 1.77. The lowest BCUT2D eigenvalue weighted by Crippen LogP contribution is -1.97. The molecule has 2 aromatic carbocycles. The van der Waals surface area contributed by atoms with Gasteiger partial charge in [0.05, 0.1) is 12.1 Å². The van der Waals surface area contributed by atoms with E-state index in [2.05, 4.69) is 53.7 Å². The third-order valence-corrected chi connectivity index (χ3v) is 3.09. The van der Waals surface area contributed by atoms with Crippen molar-refractivity contribution in [1.29, 1.82) is 0 Å². The molecule has 94 valence electrons. The molecular weight excluding hydrogens is 234 g/mol. The quantitative estimate of drug-likeness (QED) is 0.711. The maximum Gasteiger partial charge on any atom is 0.113 e. The highest BCUT2D eigenvalue weighted by molar-refractivity contribution is 5.73. The molecule has 0 aliphatic heterocycles. The Labute approximate surface area is 112 Å². The fourth-order valence-corrected chi connectivity index (χ4v) is 2.02. The van der Waals surface area contributed by atoms with Crippen LogP contribution in [0.1, 0.15) is 11.1 Å². The summed E-state index contributed by atoms with van der Waals surface area (Å²) in [4.78, 5) is 0. The highest BCUT2D eigenvalue weighted by Gasteiger charge is 2.00.